The van der Waals surface area contributed by atoms with Crippen LogP contribution in [0.25, 0.3) is 11.4 Å². The van der Waals surface area contributed by atoms with E-state index in [9.17, 15) is 4.79 Å². The number of rotatable bonds is 8. The minimum Gasteiger partial charge on any atom is -0.325 e. The van der Waals surface area contributed by atoms with Gasteiger partial charge in [0.2, 0.25) is 5.91 Å². The molecule has 0 aliphatic rings. The van der Waals surface area contributed by atoms with Gasteiger partial charge in [-0.1, -0.05) is 69.3 Å². The lowest BCUT2D eigenvalue weighted by molar-refractivity contribution is -0.113. The van der Waals surface area contributed by atoms with Crippen molar-refractivity contribution in [2.45, 2.75) is 58.2 Å². The maximum atomic E-state index is 12.8. The van der Waals surface area contributed by atoms with E-state index in [0.717, 1.165) is 33.4 Å². The van der Waals surface area contributed by atoms with Crippen LogP contribution in [0.3, 0.4) is 0 Å². The molecule has 164 valence electrons. The third-order valence-electron chi connectivity index (χ3n) is 5.11. The number of carbonyl (C=O) groups excluding carboxylic acids is 1. The fourth-order valence-electron chi connectivity index (χ4n) is 3.49. The number of hydrogen-bond donors (Lipinski definition) is 1. The van der Waals surface area contributed by atoms with E-state index in [-0.39, 0.29) is 11.7 Å². The highest BCUT2D eigenvalue weighted by atomic mass is 35.5. The molecule has 0 bridgehead atoms. The van der Waals surface area contributed by atoms with Gasteiger partial charge in [-0.2, -0.15) is 0 Å². The van der Waals surface area contributed by atoms with Crippen LogP contribution in [0.15, 0.2) is 47.6 Å². The van der Waals surface area contributed by atoms with Crippen LogP contribution in [0.2, 0.25) is 5.02 Å². The quantitative estimate of drug-likeness (QED) is 0.388. The average Bonchev–Trinajstić information content (AvgIpc) is 3.15. The zero-order chi connectivity index (χ0) is 22.5. The van der Waals surface area contributed by atoms with Crippen LogP contribution in [-0.2, 0) is 11.3 Å². The molecule has 0 saturated heterocycles. The molecule has 3 rings (SSSR count). The van der Waals surface area contributed by atoms with Crippen LogP contribution in [0.5, 0.6) is 0 Å². The van der Waals surface area contributed by atoms with Crippen molar-refractivity contribution >= 4 is 35.0 Å². The molecule has 0 aliphatic carbocycles. The van der Waals surface area contributed by atoms with E-state index >= 15 is 0 Å². The second-order valence-electron chi connectivity index (χ2n) is 8.02. The lowest BCUT2D eigenvalue weighted by Gasteiger charge is -2.20. The number of amides is 1. The summed E-state index contributed by atoms with van der Waals surface area (Å²) in [6.45, 7) is 11.3. The molecule has 0 spiro atoms. The molecule has 0 atom stereocenters. The van der Waals surface area contributed by atoms with E-state index < -0.39 is 0 Å². The van der Waals surface area contributed by atoms with Gasteiger partial charge >= 0.3 is 0 Å². The van der Waals surface area contributed by atoms with Gasteiger partial charge in [-0.3, -0.25) is 4.79 Å². The summed E-state index contributed by atoms with van der Waals surface area (Å²) in [5.74, 6) is 1.65. The van der Waals surface area contributed by atoms with Gasteiger partial charge in [0.25, 0.3) is 0 Å². The molecule has 31 heavy (non-hydrogen) atoms. The second-order valence-corrected chi connectivity index (χ2v) is 9.39. The van der Waals surface area contributed by atoms with E-state index in [1.807, 2.05) is 35.8 Å². The molecule has 5 nitrogen and oxygen atoms in total. The first-order chi connectivity index (χ1) is 14.8. The van der Waals surface area contributed by atoms with E-state index in [0.29, 0.717) is 23.4 Å². The maximum absolute atomic E-state index is 12.8. The molecule has 7 heteroatoms. The van der Waals surface area contributed by atoms with Crippen LogP contribution in [0.1, 0.15) is 57.6 Å². The molecule has 3 aromatic rings. The first kappa shape index (κ1) is 23.4. The van der Waals surface area contributed by atoms with Gasteiger partial charge in [0.05, 0.1) is 5.75 Å². The molecule has 0 saturated carbocycles. The number of anilines is 1. The Morgan fingerprint density at radius 1 is 1.03 bits per heavy atom. The number of benzene rings is 2. The smallest absolute Gasteiger partial charge is 0.234 e. The van der Waals surface area contributed by atoms with Crippen molar-refractivity contribution in [3.05, 3.63) is 58.6 Å². The van der Waals surface area contributed by atoms with Gasteiger partial charge in [0.1, 0.15) is 0 Å². The maximum Gasteiger partial charge on any atom is 0.234 e. The zero-order valence-electron chi connectivity index (χ0n) is 18.6. The molecule has 1 N–H and O–H groups in total. The number of aromatic nitrogens is 3. The lowest BCUT2D eigenvalue weighted by atomic mass is 9.92. The minimum absolute atomic E-state index is 0.0429. The number of hydrogen-bond acceptors (Lipinski definition) is 4. The summed E-state index contributed by atoms with van der Waals surface area (Å²) in [6.07, 6.45) is 0. The Labute approximate surface area is 193 Å². The van der Waals surface area contributed by atoms with E-state index in [1.165, 1.54) is 11.8 Å². The zero-order valence-corrected chi connectivity index (χ0v) is 20.2. The van der Waals surface area contributed by atoms with Gasteiger partial charge in [-0.05, 0) is 54.2 Å². The van der Waals surface area contributed by atoms with Crippen LogP contribution in [-0.4, -0.2) is 26.4 Å². The molecule has 0 fully saturated rings. The van der Waals surface area contributed by atoms with Gasteiger partial charge in [-0.15, -0.1) is 10.2 Å². The standard InChI is InChI=1S/C24H29ClN4OS/c1-6-29-23(17-10-12-18(25)13-11-17)27-28-24(29)31-14-21(30)26-22-19(15(2)3)8-7-9-20(22)16(4)5/h7-13,15-16H,6,14H2,1-5H3,(H,26,30). The number of thioether (sulfide) groups is 1. The Morgan fingerprint density at radius 2 is 1.65 bits per heavy atom. The van der Waals surface area contributed by atoms with Gasteiger partial charge in [-0.25, -0.2) is 0 Å². The molecule has 1 amide bonds. The molecular formula is C24H29ClN4OS. The summed E-state index contributed by atoms with van der Waals surface area (Å²) in [4.78, 5) is 12.8. The van der Waals surface area contributed by atoms with Crippen molar-refractivity contribution in [1.82, 2.24) is 14.8 Å². The number of nitrogens with zero attached hydrogens (tertiary/aromatic N) is 3. The van der Waals surface area contributed by atoms with Gasteiger partial charge < -0.3 is 9.88 Å². The van der Waals surface area contributed by atoms with Crippen molar-refractivity contribution in [1.29, 1.82) is 0 Å². The molecule has 2 aromatic carbocycles. The highest BCUT2D eigenvalue weighted by Crippen LogP contribution is 2.33. The third kappa shape index (κ3) is 5.49. The largest absolute Gasteiger partial charge is 0.325 e. The Bertz CT molecular complexity index is 1020. The normalized spacial score (nSPS) is 11.4. The van der Waals surface area contributed by atoms with E-state index in [1.54, 1.807) is 0 Å². The predicted octanol–water partition coefficient (Wildman–Crippen LogP) is 6.60. The molecule has 0 radical (unpaired) electrons. The minimum atomic E-state index is -0.0429. The SMILES string of the molecule is CCn1c(SCC(=O)Nc2c(C(C)C)cccc2C(C)C)nnc1-c1ccc(Cl)cc1. The highest BCUT2D eigenvalue weighted by Gasteiger charge is 2.18. The summed E-state index contributed by atoms with van der Waals surface area (Å²) in [6, 6.07) is 13.8. The summed E-state index contributed by atoms with van der Waals surface area (Å²) in [5, 5.41) is 13.2. The Kier molecular flexibility index (Phi) is 7.79. The number of carbonyl (C=O) groups is 1. The molecule has 1 heterocycles. The fourth-order valence-corrected chi connectivity index (χ4v) is 4.42. The first-order valence-corrected chi connectivity index (χ1v) is 11.9. The highest BCUT2D eigenvalue weighted by molar-refractivity contribution is 7.99. The van der Waals surface area contributed by atoms with Crippen molar-refractivity contribution in [2.24, 2.45) is 0 Å². The topological polar surface area (TPSA) is 59.8 Å². The fraction of sp³-hybridized carbons (Fsp3) is 0.375. The van der Waals surface area contributed by atoms with Crippen molar-refractivity contribution in [3.63, 3.8) is 0 Å². The lowest BCUT2D eigenvalue weighted by Crippen LogP contribution is -2.18. The Balaban J connectivity index is 1.76. The van der Waals surface area contributed by atoms with Crippen LogP contribution >= 0.6 is 23.4 Å². The van der Waals surface area contributed by atoms with Crippen molar-refractivity contribution in [3.8, 4) is 11.4 Å². The summed E-state index contributed by atoms with van der Waals surface area (Å²) in [5.41, 5.74) is 4.21. The summed E-state index contributed by atoms with van der Waals surface area (Å²) in [7, 11) is 0. The number of para-hydroxylation sites is 1. The van der Waals surface area contributed by atoms with Crippen LogP contribution in [0.4, 0.5) is 5.69 Å². The van der Waals surface area contributed by atoms with Crippen LogP contribution < -0.4 is 5.32 Å². The summed E-state index contributed by atoms with van der Waals surface area (Å²) >= 11 is 7.40. The monoisotopic (exact) mass is 456 g/mol. The molecule has 0 unspecified atom stereocenters. The van der Waals surface area contributed by atoms with E-state index in [2.05, 4.69) is 61.4 Å². The average molecular weight is 457 g/mol. The van der Waals surface area contributed by atoms with Gasteiger partial charge in [0.15, 0.2) is 11.0 Å². The Morgan fingerprint density at radius 3 is 2.19 bits per heavy atom. The van der Waals surface area contributed by atoms with Crippen molar-refractivity contribution < 1.29 is 4.79 Å². The number of nitrogens with one attached hydrogen (secondary N) is 1. The molecule has 0 aliphatic heterocycles. The second kappa shape index (κ2) is 10.3. The number of halogens is 1. The van der Waals surface area contributed by atoms with Gasteiger partial charge in [0, 0.05) is 22.8 Å². The first-order valence-electron chi connectivity index (χ1n) is 10.6. The Hall–Kier alpha value is -2.31. The van der Waals surface area contributed by atoms with Crippen molar-refractivity contribution in [2.75, 3.05) is 11.1 Å². The van der Waals surface area contributed by atoms with Crippen LogP contribution in [0, 0.1) is 0 Å². The third-order valence-corrected chi connectivity index (χ3v) is 6.32. The van der Waals surface area contributed by atoms with E-state index in [4.69, 9.17) is 11.6 Å². The summed E-state index contributed by atoms with van der Waals surface area (Å²) < 4.78 is 2.02. The molecule has 1 aromatic heterocycles. The molecular weight excluding hydrogens is 428 g/mol. The predicted molar refractivity (Wildman–Crippen MR) is 130 cm³/mol.